The highest BCUT2D eigenvalue weighted by atomic mass is 15.2. The minimum atomic E-state index is 0.509. The zero-order valence-electron chi connectivity index (χ0n) is 10.6. The van der Waals surface area contributed by atoms with E-state index < -0.39 is 0 Å². The number of hydrogen-bond donors (Lipinski definition) is 0. The fourth-order valence-corrected chi connectivity index (χ4v) is 2.48. The molecule has 1 unspecified atom stereocenters. The van der Waals surface area contributed by atoms with Crippen molar-refractivity contribution >= 4 is 5.69 Å². The number of nitriles is 1. The molecule has 0 N–H and O–H groups in total. The predicted octanol–water partition coefficient (Wildman–Crippen LogP) is 2.03. The van der Waals surface area contributed by atoms with Crippen molar-refractivity contribution in [1.82, 2.24) is 4.90 Å². The van der Waals surface area contributed by atoms with Gasteiger partial charge < -0.3 is 4.90 Å². The van der Waals surface area contributed by atoms with Crippen molar-refractivity contribution in [3.8, 4) is 6.07 Å². The van der Waals surface area contributed by atoms with E-state index in [4.69, 9.17) is 5.26 Å². The highest BCUT2D eigenvalue weighted by Gasteiger charge is 2.26. The maximum atomic E-state index is 8.72. The van der Waals surface area contributed by atoms with Crippen molar-refractivity contribution in [2.45, 2.75) is 19.4 Å². The third kappa shape index (κ3) is 2.59. The lowest BCUT2D eigenvalue weighted by Gasteiger charge is -2.24. The second-order valence-electron chi connectivity index (χ2n) is 4.75. The monoisotopic (exact) mass is 229 g/mol. The highest BCUT2D eigenvalue weighted by Crippen LogP contribution is 2.25. The molecule has 1 aliphatic heterocycles. The molecule has 1 saturated heterocycles. The first-order valence-corrected chi connectivity index (χ1v) is 6.10. The van der Waals surface area contributed by atoms with Crippen LogP contribution in [0.1, 0.15) is 12.0 Å². The Balaban J connectivity index is 2.04. The standard InChI is InChI=1S/C14H19N3/c1-12-5-3-4-6-14(12)17-9-7-13(11-17)16(2)10-8-15/h3-6,13H,7,9-11H2,1-2H3. The third-order valence-electron chi connectivity index (χ3n) is 3.56. The second kappa shape index (κ2) is 5.20. The Labute approximate surface area is 103 Å². The molecule has 1 fully saturated rings. The summed E-state index contributed by atoms with van der Waals surface area (Å²) in [5.74, 6) is 0. The second-order valence-corrected chi connectivity index (χ2v) is 4.75. The van der Waals surface area contributed by atoms with Gasteiger partial charge in [-0.1, -0.05) is 18.2 Å². The topological polar surface area (TPSA) is 30.3 Å². The molecular formula is C14H19N3. The van der Waals surface area contributed by atoms with Crippen LogP contribution >= 0.6 is 0 Å². The molecule has 0 spiro atoms. The molecule has 0 aliphatic carbocycles. The number of likely N-dealkylation sites (N-methyl/N-ethyl adjacent to an activating group) is 1. The molecule has 3 heteroatoms. The molecule has 90 valence electrons. The van der Waals surface area contributed by atoms with E-state index >= 15 is 0 Å². The van der Waals surface area contributed by atoms with Crippen LogP contribution < -0.4 is 4.90 Å². The molecule has 1 heterocycles. The molecule has 17 heavy (non-hydrogen) atoms. The van der Waals surface area contributed by atoms with Crippen molar-refractivity contribution in [1.29, 1.82) is 5.26 Å². The smallest absolute Gasteiger partial charge is 0.0866 e. The molecule has 0 aromatic heterocycles. The number of hydrogen-bond acceptors (Lipinski definition) is 3. The molecule has 0 bridgehead atoms. The fourth-order valence-electron chi connectivity index (χ4n) is 2.48. The largest absolute Gasteiger partial charge is 0.370 e. The summed E-state index contributed by atoms with van der Waals surface area (Å²) in [6.07, 6.45) is 1.15. The molecule has 2 rings (SSSR count). The molecular weight excluding hydrogens is 210 g/mol. The lowest BCUT2D eigenvalue weighted by Crippen LogP contribution is -2.34. The Bertz CT molecular complexity index is 422. The lowest BCUT2D eigenvalue weighted by atomic mass is 10.2. The Hall–Kier alpha value is -1.53. The van der Waals surface area contributed by atoms with Crippen LogP contribution in [0.5, 0.6) is 0 Å². The molecule has 1 aliphatic rings. The molecule has 1 aromatic carbocycles. The Morgan fingerprint density at radius 1 is 1.47 bits per heavy atom. The summed E-state index contributed by atoms with van der Waals surface area (Å²) in [5, 5.41) is 8.72. The van der Waals surface area contributed by atoms with Crippen molar-refractivity contribution in [2.24, 2.45) is 0 Å². The quantitative estimate of drug-likeness (QED) is 0.743. The number of aryl methyl sites for hydroxylation is 1. The van der Waals surface area contributed by atoms with E-state index in [0.29, 0.717) is 12.6 Å². The Kier molecular flexibility index (Phi) is 3.65. The zero-order valence-corrected chi connectivity index (χ0v) is 10.6. The minimum Gasteiger partial charge on any atom is -0.370 e. The van der Waals surface area contributed by atoms with Gasteiger partial charge in [-0.25, -0.2) is 0 Å². The summed E-state index contributed by atoms with van der Waals surface area (Å²) < 4.78 is 0. The van der Waals surface area contributed by atoms with Crippen LogP contribution in [-0.2, 0) is 0 Å². The van der Waals surface area contributed by atoms with Crippen molar-refractivity contribution < 1.29 is 0 Å². The van der Waals surface area contributed by atoms with Gasteiger partial charge in [0, 0.05) is 24.8 Å². The van der Waals surface area contributed by atoms with Crippen LogP contribution in [0.25, 0.3) is 0 Å². The van der Waals surface area contributed by atoms with Crippen LogP contribution in [0.4, 0.5) is 5.69 Å². The van der Waals surface area contributed by atoms with E-state index in [2.05, 4.69) is 47.1 Å². The SMILES string of the molecule is Cc1ccccc1N1CCC(N(C)CC#N)C1. The van der Waals surface area contributed by atoms with Crippen LogP contribution in [0.15, 0.2) is 24.3 Å². The molecule has 0 amide bonds. The van der Waals surface area contributed by atoms with E-state index in [1.165, 1.54) is 11.3 Å². The average Bonchev–Trinajstić information content (AvgIpc) is 2.79. The maximum Gasteiger partial charge on any atom is 0.0866 e. The number of benzene rings is 1. The molecule has 3 nitrogen and oxygen atoms in total. The predicted molar refractivity (Wildman–Crippen MR) is 70.0 cm³/mol. The molecule has 1 atom stereocenters. The summed E-state index contributed by atoms with van der Waals surface area (Å²) in [6, 6.07) is 11.2. The van der Waals surface area contributed by atoms with Crippen molar-refractivity contribution in [3.05, 3.63) is 29.8 Å². The number of para-hydroxylation sites is 1. The van der Waals surface area contributed by atoms with Gasteiger partial charge in [0.2, 0.25) is 0 Å². The van der Waals surface area contributed by atoms with E-state index in [9.17, 15) is 0 Å². The summed E-state index contributed by atoms with van der Waals surface area (Å²) in [6.45, 7) is 4.79. The summed E-state index contributed by atoms with van der Waals surface area (Å²) in [5.41, 5.74) is 2.66. The van der Waals surface area contributed by atoms with Gasteiger partial charge in [-0.3, -0.25) is 4.90 Å². The summed E-state index contributed by atoms with van der Waals surface area (Å²) in [4.78, 5) is 4.58. The van der Waals surface area contributed by atoms with E-state index in [1.54, 1.807) is 0 Å². The van der Waals surface area contributed by atoms with Gasteiger partial charge in [-0.2, -0.15) is 5.26 Å². The van der Waals surface area contributed by atoms with Gasteiger partial charge in [0.05, 0.1) is 12.6 Å². The van der Waals surface area contributed by atoms with Gasteiger partial charge in [0.1, 0.15) is 0 Å². The molecule has 1 aromatic rings. The van der Waals surface area contributed by atoms with Gasteiger partial charge in [0.15, 0.2) is 0 Å². The van der Waals surface area contributed by atoms with Gasteiger partial charge in [-0.15, -0.1) is 0 Å². The maximum absolute atomic E-state index is 8.72. The normalized spacial score (nSPS) is 19.6. The van der Waals surface area contributed by atoms with Crippen molar-refractivity contribution in [3.63, 3.8) is 0 Å². The Morgan fingerprint density at radius 3 is 2.94 bits per heavy atom. The van der Waals surface area contributed by atoms with Gasteiger partial charge in [0.25, 0.3) is 0 Å². The summed E-state index contributed by atoms with van der Waals surface area (Å²) in [7, 11) is 2.04. The highest BCUT2D eigenvalue weighted by molar-refractivity contribution is 5.53. The van der Waals surface area contributed by atoms with Gasteiger partial charge in [-0.05, 0) is 32.0 Å². The van der Waals surface area contributed by atoms with Gasteiger partial charge >= 0.3 is 0 Å². The first-order chi connectivity index (χ1) is 8.22. The molecule has 0 saturated carbocycles. The first kappa shape index (κ1) is 11.9. The minimum absolute atomic E-state index is 0.509. The van der Waals surface area contributed by atoms with E-state index in [0.717, 1.165) is 19.5 Å². The Morgan fingerprint density at radius 2 is 2.24 bits per heavy atom. The molecule has 0 radical (unpaired) electrons. The third-order valence-corrected chi connectivity index (χ3v) is 3.56. The number of rotatable bonds is 3. The van der Waals surface area contributed by atoms with Crippen LogP contribution in [0, 0.1) is 18.3 Å². The number of nitrogens with zero attached hydrogens (tertiary/aromatic N) is 3. The fraction of sp³-hybridized carbons (Fsp3) is 0.500. The number of anilines is 1. The van der Waals surface area contributed by atoms with Crippen LogP contribution in [-0.4, -0.2) is 37.6 Å². The average molecular weight is 229 g/mol. The lowest BCUT2D eigenvalue weighted by molar-refractivity contribution is 0.289. The van der Waals surface area contributed by atoms with Crippen LogP contribution in [0.3, 0.4) is 0 Å². The van der Waals surface area contributed by atoms with Crippen LogP contribution in [0.2, 0.25) is 0 Å². The van der Waals surface area contributed by atoms with E-state index in [-0.39, 0.29) is 0 Å². The van der Waals surface area contributed by atoms with E-state index in [1.807, 2.05) is 7.05 Å². The zero-order chi connectivity index (χ0) is 12.3. The summed E-state index contributed by atoms with van der Waals surface area (Å²) >= 11 is 0. The first-order valence-electron chi connectivity index (χ1n) is 6.10. The van der Waals surface area contributed by atoms with Crippen molar-refractivity contribution in [2.75, 3.05) is 31.6 Å².